The molecule has 0 bridgehead atoms. The number of nitrogens with two attached hydrogens (primary N) is 1. The van der Waals surface area contributed by atoms with E-state index in [1.807, 2.05) is 6.92 Å². The van der Waals surface area contributed by atoms with Gasteiger partial charge >= 0.3 is 0 Å². The van der Waals surface area contributed by atoms with Crippen LogP contribution in [0.2, 0.25) is 0 Å². The van der Waals surface area contributed by atoms with Crippen molar-refractivity contribution in [1.29, 1.82) is 0 Å². The largest absolute Gasteiger partial charge is 0.396 e. The van der Waals surface area contributed by atoms with Crippen LogP contribution in [0.4, 0.5) is 0 Å². The Balaban J connectivity index is 2.19. The first-order valence-electron chi connectivity index (χ1n) is 7.19. The molecule has 2 unspecified atom stereocenters. The van der Waals surface area contributed by atoms with E-state index in [2.05, 4.69) is 0 Å². The summed E-state index contributed by atoms with van der Waals surface area (Å²) in [5.41, 5.74) is 6.06. The monoisotopic (exact) mass is 243 g/mol. The van der Waals surface area contributed by atoms with Crippen LogP contribution in [0, 0.1) is 11.8 Å². The molecule has 1 aliphatic rings. The van der Waals surface area contributed by atoms with Gasteiger partial charge in [0, 0.05) is 12.6 Å². The zero-order chi connectivity index (χ0) is 12.7. The van der Waals surface area contributed by atoms with Gasteiger partial charge in [-0.1, -0.05) is 32.6 Å². The van der Waals surface area contributed by atoms with E-state index in [1.54, 1.807) is 0 Å². The average Bonchev–Trinajstić information content (AvgIpc) is 2.38. The van der Waals surface area contributed by atoms with E-state index in [-0.39, 0.29) is 18.8 Å². The van der Waals surface area contributed by atoms with E-state index in [9.17, 15) is 5.11 Å². The highest BCUT2D eigenvalue weighted by atomic mass is 16.3. The Hall–Kier alpha value is -0.120. The molecule has 102 valence electrons. The van der Waals surface area contributed by atoms with Gasteiger partial charge in [0.1, 0.15) is 0 Å². The fourth-order valence-corrected chi connectivity index (χ4v) is 2.79. The Morgan fingerprint density at radius 2 is 1.82 bits per heavy atom. The molecule has 0 aromatic carbocycles. The summed E-state index contributed by atoms with van der Waals surface area (Å²) in [5, 5.41) is 19.1. The van der Waals surface area contributed by atoms with Crippen LogP contribution in [0.1, 0.15) is 58.3 Å². The minimum absolute atomic E-state index is 0.0796. The molecular formula is C14H29NO2. The summed E-state index contributed by atoms with van der Waals surface area (Å²) < 4.78 is 0. The number of hydrogen-bond donors (Lipinski definition) is 3. The van der Waals surface area contributed by atoms with Crippen LogP contribution < -0.4 is 5.73 Å². The summed E-state index contributed by atoms with van der Waals surface area (Å²) in [4.78, 5) is 0. The lowest BCUT2D eigenvalue weighted by molar-refractivity contribution is 0.0582. The minimum atomic E-state index is -0.320. The molecule has 0 heterocycles. The van der Waals surface area contributed by atoms with E-state index in [4.69, 9.17) is 10.8 Å². The molecule has 0 spiro atoms. The van der Waals surface area contributed by atoms with Crippen LogP contribution in [-0.4, -0.2) is 29.0 Å². The van der Waals surface area contributed by atoms with E-state index >= 15 is 0 Å². The van der Waals surface area contributed by atoms with E-state index in [0.29, 0.717) is 11.8 Å². The van der Waals surface area contributed by atoms with Crippen molar-refractivity contribution in [3.05, 3.63) is 0 Å². The van der Waals surface area contributed by atoms with Crippen LogP contribution in [0.5, 0.6) is 0 Å². The van der Waals surface area contributed by atoms with E-state index < -0.39 is 0 Å². The summed E-state index contributed by atoms with van der Waals surface area (Å²) in [6, 6.07) is -0.0796. The number of aliphatic hydroxyl groups excluding tert-OH is 2. The van der Waals surface area contributed by atoms with E-state index in [1.165, 1.54) is 19.3 Å². The lowest BCUT2D eigenvalue weighted by Crippen LogP contribution is -2.40. The van der Waals surface area contributed by atoms with Crippen molar-refractivity contribution in [2.45, 2.75) is 70.4 Å². The normalized spacial score (nSPS) is 23.3. The predicted octanol–water partition coefficient (Wildman–Crippen LogP) is 2.05. The van der Waals surface area contributed by atoms with Gasteiger partial charge in [-0.15, -0.1) is 0 Å². The maximum atomic E-state index is 10.2. The molecule has 0 aliphatic heterocycles. The fourth-order valence-electron chi connectivity index (χ4n) is 2.79. The first kappa shape index (κ1) is 14.9. The van der Waals surface area contributed by atoms with E-state index in [0.717, 1.165) is 32.1 Å². The van der Waals surface area contributed by atoms with Gasteiger partial charge in [0.15, 0.2) is 0 Å². The maximum Gasteiger partial charge on any atom is 0.0719 e. The lowest BCUT2D eigenvalue weighted by Gasteiger charge is -2.30. The topological polar surface area (TPSA) is 66.5 Å². The third kappa shape index (κ3) is 5.36. The molecule has 3 heteroatoms. The van der Waals surface area contributed by atoms with Gasteiger partial charge in [-0.3, -0.25) is 0 Å². The Morgan fingerprint density at radius 3 is 2.41 bits per heavy atom. The van der Waals surface area contributed by atoms with Crippen LogP contribution in [-0.2, 0) is 0 Å². The summed E-state index contributed by atoms with van der Waals surface area (Å²) in [6.07, 6.45) is 8.65. The summed E-state index contributed by atoms with van der Waals surface area (Å²) >= 11 is 0. The number of hydrogen-bond acceptors (Lipinski definition) is 3. The van der Waals surface area contributed by atoms with Gasteiger partial charge in [0.05, 0.1) is 6.10 Å². The van der Waals surface area contributed by atoms with Crippen LogP contribution in [0.3, 0.4) is 0 Å². The molecule has 3 atom stereocenters. The second-order valence-electron chi connectivity index (χ2n) is 5.77. The Kier molecular flexibility index (Phi) is 7.09. The average molecular weight is 243 g/mol. The zero-order valence-electron chi connectivity index (χ0n) is 11.1. The highest BCUT2D eigenvalue weighted by Crippen LogP contribution is 2.28. The van der Waals surface area contributed by atoms with Crippen molar-refractivity contribution in [2.24, 2.45) is 17.6 Å². The van der Waals surface area contributed by atoms with Crippen molar-refractivity contribution >= 4 is 0 Å². The van der Waals surface area contributed by atoms with Crippen molar-refractivity contribution in [3.8, 4) is 0 Å². The Morgan fingerprint density at radius 1 is 1.18 bits per heavy atom. The van der Waals surface area contributed by atoms with Gasteiger partial charge in [-0.05, 0) is 37.5 Å². The molecule has 1 saturated carbocycles. The molecule has 0 aromatic heterocycles. The molecule has 1 rings (SSSR count). The highest BCUT2D eigenvalue weighted by Gasteiger charge is 2.26. The van der Waals surface area contributed by atoms with Gasteiger partial charge in [0.25, 0.3) is 0 Å². The van der Waals surface area contributed by atoms with Crippen molar-refractivity contribution in [1.82, 2.24) is 0 Å². The van der Waals surface area contributed by atoms with Crippen molar-refractivity contribution in [3.63, 3.8) is 0 Å². The number of rotatable bonds is 7. The van der Waals surface area contributed by atoms with Crippen molar-refractivity contribution < 1.29 is 10.2 Å². The van der Waals surface area contributed by atoms with Gasteiger partial charge < -0.3 is 15.9 Å². The molecule has 0 amide bonds. The molecular weight excluding hydrogens is 214 g/mol. The second-order valence-corrected chi connectivity index (χ2v) is 5.77. The number of aliphatic hydroxyl groups is 2. The summed E-state index contributed by atoms with van der Waals surface area (Å²) in [7, 11) is 0. The molecule has 17 heavy (non-hydrogen) atoms. The SMILES string of the molecule is CC(CO)CCC[C@H](N)C(O)C1CCCCC1. The van der Waals surface area contributed by atoms with Crippen LogP contribution in [0.25, 0.3) is 0 Å². The maximum absolute atomic E-state index is 10.2. The molecule has 0 saturated heterocycles. The second kappa shape index (κ2) is 8.06. The lowest BCUT2D eigenvalue weighted by atomic mass is 9.82. The quantitative estimate of drug-likeness (QED) is 0.641. The molecule has 1 fully saturated rings. The van der Waals surface area contributed by atoms with Gasteiger partial charge in [-0.25, -0.2) is 0 Å². The predicted molar refractivity (Wildman–Crippen MR) is 70.7 cm³/mol. The summed E-state index contributed by atoms with van der Waals surface area (Å²) in [5.74, 6) is 0.781. The van der Waals surface area contributed by atoms with Gasteiger partial charge in [0.2, 0.25) is 0 Å². The standard InChI is InChI=1S/C14H29NO2/c1-11(10-16)6-5-9-13(15)14(17)12-7-3-2-4-8-12/h11-14,16-17H,2-10,15H2,1H3/t11?,13-,14?/m0/s1. The zero-order valence-corrected chi connectivity index (χ0v) is 11.1. The Labute approximate surface area is 105 Å². The third-order valence-corrected chi connectivity index (χ3v) is 4.12. The first-order valence-corrected chi connectivity index (χ1v) is 7.19. The van der Waals surface area contributed by atoms with Gasteiger partial charge in [-0.2, -0.15) is 0 Å². The minimum Gasteiger partial charge on any atom is -0.396 e. The van der Waals surface area contributed by atoms with Crippen molar-refractivity contribution in [2.75, 3.05) is 6.61 Å². The fraction of sp³-hybridized carbons (Fsp3) is 1.00. The molecule has 0 aromatic rings. The smallest absolute Gasteiger partial charge is 0.0719 e. The summed E-state index contributed by atoms with van der Waals surface area (Å²) in [6.45, 7) is 2.30. The molecule has 1 aliphatic carbocycles. The first-order chi connectivity index (χ1) is 8.15. The van der Waals surface area contributed by atoms with Crippen LogP contribution >= 0.6 is 0 Å². The Bertz CT molecular complexity index is 193. The van der Waals surface area contributed by atoms with Crippen LogP contribution in [0.15, 0.2) is 0 Å². The highest BCUT2D eigenvalue weighted by molar-refractivity contribution is 4.81. The molecule has 3 nitrogen and oxygen atoms in total. The molecule has 0 radical (unpaired) electrons. The molecule has 4 N–H and O–H groups in total. The third-order valence-electron chi connectivity index (χ3n) is 4.12.